The highest BCUT2D eigenvalue weighted by molar-refractivity contribution is 5.94. The molecule has 0 aliphatic heterocycles. The van der Waals surface area contributed by atoms with Crippen LogP contribution in [0, 0.1) is 6.92 Å². The lowest BCUT2D eigenvalue weighted by molar-refractivity contribution is 0.0774. The monoisotopic (exact) mass is 570 g/mol. The van der Waals surface area contributed by atoms with Crippen LogP contribution < -0.4 is 10.3 Å². The zero-order valence-corrected chi connectivity index (χ0v) is 24.2. The molecule has 0 aliphatic rings. The third-order valence-corrected chi connectivity index (χ3v) is 6.50. The minimum absolute atomic E-state index is 0. The molecule has 2 aromatic carbocycles. The standard InChI is InChI=1S/C30H34N4O3.2ClH/c1-23-6-4-7-26(20-23)30(36)32(2)17-18-34(22-24-12-14-31-15-13-24)16-5-19-37-27-9-10-28-25(21-27)8-11-29(35)33(28)3;;/h4,6-15,20-21H,5,16-19,22H2,1-3H3;2*1H. The summed E-state index contributed by atoms with van der Waals surface area (Å²) in [7, 11) is 3.63. The summed E-state index contributed by atoms with van der Waals surface area (Å²) in [4.78, 5) is 33.0. The van der Waals surface area contributed by atoms with Crippen LogP contribution in [0.1, 0.15) is 27.9 Å². The van der Waals surface area contributed by atoms with Gasteiger partial charge in [0.15, 0.2) is 0 Å². The number of fused-ring (bicyclic) bond motifs is 1. The van der Waals surface area contributed by atoms with Crippen molar-refractivity contribution in [3.63, 3.8) is 0 Å². The summed E-state index contributed by atoms with van der Waals surface area (Å²) in [6.45, 7) is 5.55. The molecule has 39 heavy (non-hydrogen) atoms. The molecular weight excluding hydrogens is 535 g/mol. The summed E-state index contributed by atoms with van der Waals surface area (Å²) >= 11 is 0. The summed E-state index contributed by atoms with van der Waals surface area (Å²) in [5.74, 6) is 0.819. The van der Waals surface area contributed by atoms with E-state index in [1.54, 1.807) is 35.0 Å². The predicted octanol–water partition coefficient (Wildman–Crippen LogP) is 5.13. The molecule has 0 fully saturated rings. The first kappa shape index (κ1) is 31.8. The Morgan fingerprint density at radius 2 is 1.72 bits per heavy atom. The Morgan fingerprint density at radius 1 is 0.949 bits per heavy atom. The lowest BCUT2D eigenvalue weighted by Gasteiger charge is -2.26. The molecule has 0 aliphatic carbocycles. The number of rotatable bonds is 11. The molecule has 4 rings (SSSR count). The van der Waals surface area contributed by atoms with Gasteiger partial charge in [-0.25, -0.2) is 0 Å². The second-order valence-electron chi connectivity index (χ2n) is 9.38. The maximum absolute atomic E-state index is 12.9. The number of ether oxygens (including phenoxy) is 1. The van der Waals surface area contributed by atoms with E-state index in [2.05, 4.69) is 9.88 Å². The van der Waals surface area contributed by atoms with Gasteiger partial charge in [-0.2, -0.15) is 0 Å². The summed E-state index contributed by atoms with van der Waals surface area (Å²) in [6, 6.07) is 20.9. The van der Waals surface area contributed by atoms with Crippen molar-refractivity contribution in [3.8, 4) is 5.75 Å². The highest BCUT2D eigenvalue weighted by Gasteiger charge is 2.14. The van der Waals surface area contributed by atoms with E-state index in [-0.39, 0.29) is 36.3 Å². The molecule has 0 radical (unpaired) electrons. The van der Waals surface area contributed by atoms with Gasteiger partial charge < -0.3 is 14.2 Å². The Kier molecular flexibility index (Phi) is 12.5. The van der Waals surface area contributed by atoms with E-state index in [1.165, 1.54) is 5.56 Å². The fraction of sp³-hybridized carbons (Fsp3) is 0.300. The van der Waals surface area contributed by atoms with Crippen LogP contribution in [0.5, 0.6) is 5.75 Å². The Bertz CT molecular complexity index is 1410. The molecule has 0 spiro atoms. The lowest BCUT2D eigenvalue weighted by atomic mass is 10.1. The van der Waals surface area contributed by atoms with Crippen LogP contribution in [-0.2, 0) is 13.6 Å². The van der Waals surface area contributed by atoms with Gasteiger partial charge >= 0.3 is 0 Å². The van der Waals surface area contributed by atoms with Crippen molar-refractivity contribution in [1.29, 1.82) is 0 Å². The number of amides is 1. The van der Waals surface area contributed by atoms with Crippen molar-refractivity contribution < 1.29 is 9.53 Å². The number of nitrogens with zero attached hydrogens (tertiary/aromatic N) is 4. The molecule has 9 heteroatoms. The lowest BCUT2D eigenvalue weighted by Crippen LogP contribution is -2.37. The molecule has 0 unspecified atom stereocenters. The highest BCUT2D eigenvalue weighted by atomic mass is 35.5. The number of hydrogen-bond acceptors (Lipinski definition) is 5. The van der Waals surface area contributed by atoms with Crippen LogP contribution in [0.15, 0.2) is 83.9 Å². The molecule has 2 aromatic heterocycles. The van der Waals surface area contributed by atoms with Crippen molar-refractivity contribution in [2.75, 3.05) is 33.3 Å². The first-order valence-electron chi connectivity index (χ1n) is 12.6. The molecule has 0 atom stereocenters. The average Bonchev–Trinajstić information content (AvgIpc) is 2.91. The van der Waals surface area contributed by atoms with Gasteiger partial charge in [-0.05, 0) is 67.4 Å². The van der Waals surface area contributed by atoms with Crippen molar-refractivity contribution >= 4 is 41.6 Å². The highest BCUT2D eigenvalue weighted by Crippen LogP contribution is 2.19. The van der Waals surface area contributed by atoms with E-state index in [1.807, 2.05) is 74.6 Å². The topological polar surface area (TPSA) is 67.7 Å². The maximum atomic E-state index is 12.9. The van der Waals surface area contributed by atoms with Gasteiger partial charge in [-0.1, -0.05) is 17.7 Å². The average molecular weight is 572 g/mol. The normalized spacial score (nSPS) is 10.6. The Balaban J connectivity index is 0.00000267. The molecule has 1 amide bonds. The van der Waals surface area contributed by atoms with Gasteiger partial charge in [0.25, 0.3) is 11.5 Å². The smallest absolute Gasteiger partial charge is 0.253 e. The van der Waals surface area contributed by atoms with Gasteiger partial charge in [0.05, 0.1) is 12.1 Å². The fourth-order valence-electron chi connectivity index (χ4n) is 4.34. The maximum Gasteiger partial charge on any atom is 0.253 e. The number of aromatic nitrogens is 2. The van der Waals surface area contributed by atoms with E-state index in [0.717, 1.165) is 48.3 Å². The molecular formula is C30H36Cl2N4O3. The third-order valence-electron chi connectivity index (χ3n) is 6.50. The molecule has 0 N–H and O–H groups in total. The number of halogens is 2. The molecule has 0 saturated heterocycles. The minimum Gasteiger partial charge on any atom is -0.494 e. The number of carbonyl (C=O) groups excluding carboxylic acids is 1. The number of likely N-dealkylation sites (N-methyl/N-ethyl adjacent to an activating group) is 1. The zero-order valence-electron chi connectivity index (χ0n) is 22.6. The molecule has 0 bridgehead atoms. The van der Waals surface area contributed by atoms with Crippen LogP contribution in [0.4, 0.5) is 0 Å². The van der Waals surface area contributed by atoms with Gasteiger partial charge in [0.2, 0.25) is 0 Å². The Morgan fingerprint density at radius 3 is 2.46 bits per heavy atom. The van der Waals surface area contributed by atoms with Gasteiger partial charge in [0, 0.05) is 69.7 Å². The summed E-state index contributed by atoms with van der Waals surface area (Å²) in [6.07, 6.45) is 4.45. The zero-order chi connectivity index (χ0) is 26.2. The first-order valence-corrected chi connectivity index (χ1v) is 12.6. The van der Waals surface area contributed by atoms with E-state index in [0.29, 0.717) is 18.7 Å². The number of hydrogen-bond donors (Lipinski definition) is 0. The number of carbonyl (C=O) groups is 1. The largest absolute Gasteiger partial charge is 0.494 e. The number of benzene rings is 2. The van der Waals surface area contributed by atoms with E-state index in [4.69, 9.17) is 4.74 Å². The minimum atomic E-state index is -0.0262. The number of aryl methyl sites for hydroxylation is 2. The third kappa shape index (κ3) is 8.82. The molecule has 7 nitrogen and oxygen atoms in total. The van der Waals surface area contributed by atoms with Crippen LogP contribution in [0.25, 0.3) is 10.9 Å². The van der Waals surface area contributed by atoms with E-state index in [9.17, 15) is 9.59 Å². The van der Waals surface area contributed by atoms with Crippen molar-refractivity contribution in [1.82, 2.24) is 19.4 Å². The second-order valence-corrected chi connectivity index (χ2v) is 9.38. The Labute approximate surface area is 242 Å². The number of pyridine rings is 2. The molecule has 208 valence electrons. The van der Waals surface area contributed by atoms with Gasteiger partial charge in [-0.3, -0.25) is 19.5 Å². The van der Waals surface area contributed by atoms with E-state index < -0.39 is 0 Å². The molecule has 4 aromatic rings. The predicted molar refractivity (Wildman–Crippen MR) is 161 cm³/mol. The molecule has 2 heterocycles. The SMILES string of the molecule is Cc1cccc(C(=O)N(C)CCN(CCCOc2ccc3c(ccc(=O)n3C)c2)Cc2ccncc2)c1.Cl.Cl. The van der Waals surface area contributed by atoms with Crippen LogP contribution >= 0.6 is 24.8 Å². The van der Waals surface area contributed by atoms with Crippen molar-refractivity contribution in [3.05, 3.63) is 106 Å². The summed E-state index contributed by atoms with van der Waals surface area (Å²) < 4.78 is 7.66. The van der Waals surface area contributed by atoms with Crippen LogP contribution in [0.2, 0.25) is 0 Å². The Hall–Kier alpha value is -3.39. The van der Waals surface area contributed by atoms with Gasteiger partial charge in [0.1, 0.15) is 5.75 Å². The van der Waals surface area contributed by atoms with Crippen molar-refractivity contribution in [2.24, 2.45) is 7.05 Å². The fourth-order valence-corrected chi connectivity index (χ4v) is 4.34. The quantitative estimate of drug-likeness (QED) is 0.234. The van der Waals surface area contributed by atoms with E-state index >= 15 is 0 Å². The van der Waals surface area contributed by atoms with Crippen LogP contribution in [-0.4, -0.2) is 58.5 Å². The first-order chi connectivity index (χ1) is 17.9. The van der Waals surface area contributed by atoms with Gasteiger partial charge in [-0.15, -0.1) is 24.8 Å². The van der Waals surface area contributed by atoms with Crippen LogP contribution in [0.3, 0.4) is 0 Å². The molecule has 0 saturated carbocycles. The van der Waals surface area contributed by atoms with Crippen molar-refractivity contribution in [2.45, 2.75) is 19.9 Å². The summed E-state index contributed by atoms with van der Waals surface area (Å²) in [5, 5.41) is 0.972. The second kappa shape index (κ2) is 15.3. The summed E-state index contributed by atoms with van der Waals surface area (Å²) in [5.41, 5.74) is 3.83.